The number of pyridine rings is 1. The van der Waals surface area contributed by atoms with Crippen LogP contribution in [0.4, 0.5) is 11.5 Å². The van der Waals surface area contributed by atoms with Crippen LogP contribution < -0.4 is 10.6 Å². The Morgan fingerprint density at radius 3 is 2.56 bits per heavy atom. The van der Waals surface area contributed by atoms with Gasteiger partial charge in [0.25, 0.3) is 5.91 Å². The zero-order valence-electron chi connectivity index (χ0n) is 17.8. The summed E-state index contributed by atoms with van der Waals surface area (Å²) in [5.74, 6) is 0.250. The first-order chi connectivity index (χ1) is 15.8. The van der Waals surface area contributed by atoms with Gasteiger partial charge in [0, 0.05) is 37.1 Å². The van der Waals surface area contributed by atoms with E-state index in [-0.39, 0.29) is 5.91 Å². The van der Waals surface area contributed by atoms with Crippen LogP contribution in [0.5, 0.6) is 0 Å². The highest BCUT2D eigenvalue weighted by atomic mass is 16.5. The Morgan fingerprint density at radius 2 is 1.78 bits per heavy atom. The summed E-state index contributed by atoms with van der Waals surface area (Å²) >= 11 is 0. The molecule has 0 unspecified atom stereocenters. The monoisotopic (exact) mass is 425 g/mol. The van der Waals surface area contributed by atoms with Crippen LogP contribution in [-0.2, 0) is 11.2 Å². The molecule has 161 valence electrons. The fourth-order valence-corrected chi connectivity index (χ4v) is 4.02. The van der Waals surface area contributed by atoms with Crippen molar-refractivity contribution in [3.8, 4) is 11.3 Å². The summed E-state index contributed by atoms with van der Waals surface area (Å²) in [4.78, 5) is 19.7. The van der Waals surface area contributed by atoms with Gasteiger partial charge in [0.05, 0.1) is 24.5 Å². The maximum Gasteiger partial charge on any atom is 0.281 e. The average Bonchev–Trinajstić information content (AvgIpc) is 2.85. The molecule has 2 aliphatic rings. The molecule has 6 nitrogen and oxygen atoms in total. The predicted octanol–water partition coefficient (Wildman–Crippen LogP) is 4.10. The van der Waals surface area contributed by atoms with Crippen LogP contribution in [0.3, 0.4) is 0 Å². The zero-order chi connectivity index (χ0) is 21.8. The van der Waals surface area contributed by atoms with Gasteiger partial charge in [0.15, 0.2) is 0 Å². The second kappa shape index (κ2) is 9.34. The lowest BCUT2D eigenvalue weighted by atomic mass is 10.0. The molecule has 1 saturated heterocycles. The van der Waals surface area contributed by atoms with Crippen molar-refractivity contribution < 1.29 is 9.53 Å². The van der Waals surface area contributed by atoms with Crippen LogP contribution in [0.1, 0.15) is 21.5 Å². The number of rotatable bonds is 6. The second-order valence-electron chi connectivity index (χ2n) is 7.96. The van der Waals surface area contributed by atoms with Crippen LogP contribution in [0.25, 0.3) is 17.3 Å². The van der Waals surface area contributed by atoms with Gasteiger partial charge < -0.3 is 10.1 Å². The first kappa shape index (κ1) is 20.4. The smallest absolute Gasteiger partial charge is 0.281 e. The van der Waals surface area contributed by atoms with Crippen molar-refractivity contribution in [2.75, 3.05) is 38.2 Å². The lowest BCUT2D eigenvalue weighted by Gasteiger charge is -2.26. The molecule has 0 aliphatic carbocycles. The summed E-state index contributed by atoms with van der Waals surface area (Å²) in [6.45, 7) is 4.68. The van der Waals surface area contributed by atoms with Gasteiger partial charge >= 0.3 is 0 Å². The van der Waals surface area contributed by atoms with Gasteiger partial charge in [0.2, 0.25) is 0 Å². The summed E-state index contributed by atoms with van der Waals surface area (Å²) < 4.78 is 5.42. The Balaban J connectivity index is 1.37. The number of nitrogens with zero attached hydrogens (tertiary/aromatic N) is 3. The Morgan fingerprint density at radius 1 is 1.00 bits per heavy atom. The predicted molar refractivity (Wildman–Crippen MR) is 126 cm³/mol. The van der Waals surface area contributed by atoms with E-state index < -0.39 is 0 Å². The average molecular weight is 426 g/mol. The number of aromatic nitrogens is 1. The molecule has 0 spiro atoms. The van der Waals surface area contributed by atoms with E-state index in [0.29, 0.717) is 11.4 Å². The van der Waals surface area contributed by atoms with Crippen LogP contribution in [0.15, 0.2) is 66.9 Å². The van der Waals surface area contributed by atoms with Crippen molar-refractivity contribution in [2.45, 2.75) is 6.42 Å². The lowest BCUT2D eigenvalue weighted by Crippen LogP contribution is -2.37. The Labute approximate surface area is 187 Å². The SMILES string of the molecule is O=C1[N]C=Cc2cc(-c3ccccc3)nc(Nc3ccc(CCN4CCOCC4)cc3)c21. The van der Waals surface area contributed by atoms with E-state index in [2.05, 4.69) is 27.7 Å². The largest absolute Gasteiger partial charge is 0.379 e. The van der Waals surface area contributed by atoms with E-state index in [1.807, 2.05) is 54.6 Å². The normalized spacial score (nSPS) is 15.8. The molecule has 2 aliphatic heterocycles. The summed E-state index contributed by atoms with van der Waals surface area (Å²) in [5, 5.41) is 7.30. The first-order valence-corrected chi connectivity index (χ1v) is 10.9. The fraction of sp³-hybridized carbons (Fsp3) is 0.231. The summed E-state index contributed by atoms with van der Waals surface area (Å²) in [5.41, 5.74) is 5.31. The van der Waals surface area contributed by atoms with E-state index in [4.69, 9.17) is 9.72 Å². The van der Waals surface area contributed by atoms with E-state index in [1.54, 1.807) is 6.20 Å². The molecule has 5 rings (SSSR count). The molecule has 1 N–H and O–H groups in total. The molecular formula is C26H25N4O2. The molecule has 32 heavy (non-hydrogen) atoms. The fourth-order valence-electron chi connectivity index (χ4n) is 4.02. The Bertz CT molecular complexity index is 1120. The quantitative estimate of drug-likeness (QED) is 0.644. The lowest BCUT2D eigenvalue weighted by molar-refractivity contribution is 0.0384. The summed E-state index contributed by atoms with van der Waals surface area (Å²) in [6.07, 6.45) is 4.40. The molecule has 3 heterocycles. The van der Waals surface area contributed by atoms with Gasteiger partial charge in [-0.2, -0.15) is 0 Å². The van der Waals surface area contributed by atoms with Crippen LogP contribution in [0, 0.1) is 0 Å². The highest BCUT2D eigenvalue weighted by Gasteiger charge is 2.22. The molecule has 1 fully saturated rings. The van der Waals surface area contributed by atoms with Gasteiger partial charge in [-0.1, -0.05) is 42.5 Å². The topological polar surface area (TPSA) is 68.6 Å². The maximum absolute atomic E-state index is 12.5. The second-order valence-corrected chi connectivity index (χ2v) is 7.96. The van der Waals surface area contributed by atoms with E-state index >= 15 is 0 Å². The summed E-state index contributed by atoms with van der Waals surface area (Å²) in [6, 6.07) is 20.2. The van der Waals surface area contributed by atoms with E-state index in [0.717, 1.165) is 61.8 Å². The third kappa shape index (κ3) is 4.56. The molecule has 0 saturated carbocycles. The number of morpholine rings is 1. The molecule has 6 heteroatoms. The number of fused-ring (bicyclic) bond motifs is 1. The third-order valence-corrected chi connectivity index (χ3v) is 5.82. The number of carbonyl (C=O) groups is 1. The number of amides is 1. The van der Waals surface area contributed by atoms with E-state index in [9.17, 15) is 4.79 Å². The van der Waals surface area contributed by atoms with Gasteiger partial charge in [-0.15, -0.1) is 0 Å². The molecule has 1 radical (unpaired) electrons. The number of hydrogen-bond donors (Lipinski definition) is 1. The van der Waals surface area contributed by atoms with Crippen molar-refractivity contribution in [3.05, 3.63) is 83.6 Å². The van der Waals surface area contributed by atoms with Crippen molar-refractivity contribution in [1.29, 1.82) is 0 Å². The van der Waals surface area contributed by atoms with Crippen LogP contribution >= 0.6 is 0 Å². The highest BCUT2D eigenvalue weighted by Crippen LogP contribution is 2.30. The number of hydrogen-bond acceptors (Lipinski definition) is 5. The van der Waals surface area contributed by atoms with Crippen molar-refractivity contribution >= 4 is 23.5 Å². The van der Waals surface area contributed by atoms with Crippen LogP contribution in [-0.4, -0.2) is 48.6 Å². The molecule has 3 aromatic rings. The summed E-state index contributed by atoms with van der Waals surface area (Å²) in [7, 11) is 0. The maximum atomic E-state index is 12.5. The van der Waals surface area contributed by atoms with Gasteiger partial charge in [-0.25, -0.2) is 10.3 Å². The van der Waals surface area contributed by atoms with E-state index in [1.165, 1.54) is 5.56 Å². The molecule has 1 amide bonds. The van der Waals surface area contributed by atoms with Crippen LogP contribution in [0.2, 0.25) is 0 Å². The molecule has 0 atom stereocenters. The molecular weight excluding hydrogens is 400 g/mol. The number of benzene rings is 2. The van der Waals surface area contributed by atoms with Gasteiger partial charge in [-0.05, 0) is 41.8 Å². The first-order valence-electron chi connectivity index (χ1n) is 10.9. The molecule has 2 aromatic carbocycles. The Hall–Kier alpha value is -3.48. The number of ether oxygens (including phenoxy) is 1. The molecule has 0 bridgehead atoms. The standard InChI is InChI=1S/C26H25N4O2/c31-26-24-21(10-12-27-26)18-23(20-4-2-1-3-5-20)29-25(24)28-22-8-6-19(7-9-22)11-13-30-14-16-32-17-15-30/h1-10,12,18H,11,13-17H2,(H,28,29). The minimum atomic E-state index is -0.278. The van der Waals surface area contributed by atoms with Crippen molar-refractivity contribution in [1.82, 2.24) is 15.2 Å². The number of anilines is 2. The third-order valence-electron chi connectivity index (χ3n) is 5.82. The van der Waals surface area contributed by atoms with Gasteiger partial charge in [-0.3, -0.25) is 9.69 Å². The number of nitrogens with one attached hydrogen (secondary N) is 1. The minimum absolute atomic E-state index is 0.278. The Kier molecular flexibility index (Phi) is 5.96. The van der Waals surface area contributed by atoms with Crippen molar-refractivity contribution in [2.24, 2.45) is 0 Å². The number of carbonyl (C=O) groups excluding carboxylic acids is 1. The zero-order valence-corrected chi connectivity index (χ0v) is 17.8. The molecule has 1 aromatic heterocycles. The minimum Gasteiger partial charge on any atom is -0.379 e. The van der Waals surface area contributed by atoms with Crippen molar-refractivity contribution in [3.63, 3.8) is 0 Å². The van der Waals surface area contributed by atoms with Gasteiger partial charge in [0.1, 0.15) is 5.82 Å². The highest BCUT2D eigenvalue weighted by molar-refractivity contribution is 6.05.